The van der Waals surface area contributed by atoms with Gasteiger partial charge in [-0.15, -0.1) is 0 Å². The number of halogens is 2. The molecule has 0 spiro atoms. The van der Waals surface area contributed by atoms with Crippen molar-refractivity contribution in [1.82, 2.24) is 9.55 Å². The highest BCUT2D eigenvalue weighted by molar-refractivity contribution is 6.42. The fourth-order valence-electron chi connectivity index (χ4n) is 2.52. The summed E-state index contributed by atoms with van der Waals surface area (Å²) in [5.41, 5.74) is 3.76. The number of anilines is 1. The molecule has 9 heteroatoms. The summed E-state index contributed by atoms with van der Waals surface area (Å²) in [6.07, 6.45) is 1.51. The minimum atomic E-state index is -0.486. The molecule has 1 N–H and O–H groups in total. The van der Waals surface area contributed by atoms with Crippen molar-refractivity contribution in [3.63, 3.8) is 0 Å². The second-order valence-electron chi connectivity index (χ2n) is 5.91. The molecule has 0 saturated carbocycles. The maximum absolute atomic E-state index is 12.6. The van der Waals surface area contributed by atoms with Gasteiger partial charge in [-0.2, -0.15) is 10.4 Å². The Morgan fingerprint density at radius 3 is 2.55 bits per heavy atom. The van der Waals surface area contributed by atoms with Gasteiger partial charge in [0.05, 0.1) is 29.1 Å². The largest absolute Gasteiger partial charge is 0.497 e. The molecule has 0 saturated heterocycles. The third-order valence-electron chi connectivity index (χ3n) is 4.09. The van der Waals surface area contributed by atoms with Crippen molar-refractivity contribution in [3.05, 3.63) is 74.0 Å². The van der Waals surface area contributed by atoms with Gasteiger partial charge in [-0.3, -0.25) is 9.36 Å². The molecule has 3 rings (SSSR count). The third kappa shape index (κ3) is 4.40. The molecule has 0 aliphatic carbocycles. The summed E-state index contributed by atoms with van der Waals surface area (Å²) in [4.78, 5) is 17.0. The van der Waals surface area contributed by atoms with Gasteiger partial charge in [0.2, 0.25) is 5.95 Å². The third-order valence-corrected chi connectivity index (χ3v) is 4.83. The Morgan fingerprint density at radius 1 is 1.21 bits per heavy atom. The van der Waals surface area contributed by atoms with Gasteiger partial charge in [-0.05, 0) is 42.0 Å². The molecule has 7 nitrogen and oxygen atoms in total. The topological polar surface area (TPSA) is 92.3 Å². The van der Waals surface area contributed by atoms with Crippen LogP contribution in [0, 0.1) is 11.3 Å². The van der Waals surface area contributed by atoms with Crippen molar-refractivity contribution < 1.29 is 4.74 Å². The van der Waals surface area contributed by atoms with Crippen molar-refractivity contribution in [2.24, 2.45) is 12.1 Å². The quantitative estimate of drug-likeness (QED) is 0.489. The predicted octanol–water partition coefficient (Wildman–Crippen LogP) is 4.08. The van der Waals surface area contributed by atoms with Gasteiger partial charge in [0.15, 0.2) is 0 Å². The summed E-state index contributed by atoms with van der Waals surface area (Å²) >= 11 is 11.9. The standard InChI is InChI=1S/C20H15Cl2N5O2/c1-27-19(28)15(10-23)18(13-4-6-14(29-2)7-5-13)25-20(27)26-24-11-12-3-8-16(21)17(22)9-12/h3-9,11H,1-2H3,(H,25,26)/b24-11+. The van der Waals surface area contributed by atoms with Crippen LogP contribution in [0.15, 0.2) is 52.4 Å². The molecule has 2 aromatic carbocycles. The first-order valence-corrected chi connectivity index (χ1v) is 9.10. The molecular weight excluding hydrogens is 413 g/mol. The van der Waals surface area contributed by atoms with E-state index in [-0.39, 0.29) is 17.2 Å². The molecule has 0 radical (unpaired) electrons. The molecule has 0 atom stereocenters. The highest BCUT2D eigenvalue weighted by Crippen LogP contribution is 2.24. The number of hydrogen-bond acceptors (Lipinski definition) is 6. The fraction of sp³-hybridized carbons (Fsp3) is 0.100. The molecule has 0 aliphatic rings. The van der Waals surface area contributed by atoms with E-state index in [0.29, 0.717) is 26.9 Å². The average molecular weight is 428 g/mol. The van der Waals surface area contributed by atoms with Gasteiger partial charge in [0.1, 0.15) is 17.4 Å². The molecule has 146 valence electrons. The maximum Gasteiger partial charge on any atom is 0.273 e. The van der Waals surface area contributed by atoms with E-state index < -0.39 is 5.56 Å². The summed E-state index contributed by atoms with van der Waals surface area (Å²) in [5.74, 6) is 0.830. The number of hydrazone groups is 1. The van der Waals surface area contributed by atoms with Crippen LogP contribution >= 0.6 is 23.2 Å². The monoisotopic (exact) mass is 427 g/mol. The van der Waals surface area contributed by atoms with Crippen LogP contribution < -0.4 is 15.7 Å². The van der Waals surface area contributed by atoms with Crippen LogP contribution in [-0.2, 0) is 7.05 Å². The van der Waals surface area contributed by atoms with Gasteiger partial charge in [0, 0.05) is 12.6 Å². The lowest BCUT2D eigenvalue weighted by Gasteiger charge is -2.11. The minimum Gasteiger partial charge on any atom is -0.497 e. The number of benzene rings is 2. The number of hydrogen-bond donors (Lipinski definition) is 1. The van der Waals surface area contributed by atoms with Crippen LogP contribution in [0.2, 0.25) is 10.0 Å². The molecule has 29 heavy (non-hydrogen) atoms. The van der Waals surface area contributed by atoms with Gasteiger partial charge < -0.3 is 4.74 Å². The second kappa shape index (κ2) is 8.78. The van der Waals surface area contributed by atoms with E-state index in [0.717, 1.165) is 0 Å². The van der Waals surface area contributed by atoms with Crippen LogP contribution in [0.4, 0.5) is 5.95 Å². The molecule has 0 fully saturated rings. The van der Waals surface area contributed by atoms with Gasteiger partial charge in [-0.1, -0.05) is 29.3 Å². The number of aromatic nitrogens is 2. The van der Waals surface area contributed by atoms with Crippen molar-refractivity contribution in [1.29, 1.82) is 5.26 Å². The fourth-order valence-corrected chi connectivity index (χ4v) is 2.82. The second-order valence-corrected chi connectivity index (χ2v) is 6.72. The number of nitrogens with zero attached hydrogens (tertiary/aromatic N) is 4. The lowest BCUT2D eigenvalue weighted by Crippen LogP contribution is -2.24. The smallest absolute Gasteiger partial charge is 0.273 e. The first-order chi connectivity index (χ1) is 13.9. The Hall–Kier alpha value is -3.34. The molecule has 0 unspecified atom stereocenters. The molecular formula is C20H15Cl2N5O2. The molecule has 0 aliphatic heterocycles. The summed E-state index contributed by atoms with van der Waals surface area (Å²) in [6.45, 7) is 0. The van der Waals surface area contributed by atoms with E-state index in [1.165, 1.54) is 17.8 Å². The van der Waals surface area contributed by atoms with Crippen LogP contribution in [0.25, 0.3) is 11.3 Å². The normalized spacial score (nSPS) is 10.7. The van der Waals surface area contributed by atoms with Crippen molar-refractivity contribution in [3.8, 4) is 23.1 Å². The maximum atomic E-state index is 12.6. The zero-order valence-corrected chi connectivity index (χ0v) is 17.0. The van der Waals surface area contributed by atoms with E-state index in [4.69, 9.17) is 27.9 Å². The molecule has 3 aromatic rings. The Bertz CT molecular complexity index is 1180. The number of ether oxygens (including phenoxy) is 1. The first-order valence-electron chi connectivity index (χ1n) is 8.34. The average Bonchev–Trinajstić information content (AvgIpc) is 2.73. The van der Waals surface area contributed by atoms with E-state index in [1.807, 2.05) is 6.07 Å². The van der Waals surface area contributed by atoms with Gasteiger partial charge in [-0.25, -0.2) is 10.4 Å². The van der Waals surface area contributed by atoms with Crippen LogP contribution in [0.3, 0.4) is 0 Å². The van der Waals surface area contributed by atoms with Crippen LogP contribution in [0.1, 0.15) is 11.1 Å². The number of methoxy groups -OCH3 is 1. The molecule has 1 heterocycles. The Labute approximate surface area is 176 Å². The van der Waals surface area contributed by atoms with Crippen molar-refractivity contribution >= 4 is 35.4 Å². The highest BCUT2D eigenvalue weighted by Gasteiger charge is 2.16. The first kappa shape index (κ1) is 20.4. The predicted molar refractivity (Wildman–Crippen MR) is 114 cm³/mol. The van der Waals surface area contributed by atoms with Gasteiger partial charge >= 0.3 is 0 Å². The summed E-state index contributed by atoms with van der Waals surface area (Å²) < 4.78 is 6.36. The highest BCUT2D eigenvalue weighted by atomic mass is 35.5. The molecule has 0 amide bonds. The summed E-state index contributed by atoms with van der Waals surface area (Å²) in [6, 6.07) is 13.9. The zero-order chi connectivity index (χ0) is 21.0. The van der Waals surface area contributed by atoms with E-state index >= 15 is 0 Å². The summed E-state index contributed by atoms with van der Waals surface area (Å²) in [5, 5.41) is 14.4. The number of nitriles is 1. The van der Waals surface area contributed by atoms with Crippen LogP contribution in [0.5, 0.6) is 5.75 Å². The number of rotatable bonds is 5. The molecule has 1 aromatic heterocycles. The van der Waals surface area contributed by atoms with E-state index in [2.05, 4.69) is 15.5 Å². The van der Waals surface area contributed by atoms with Crippen molar-refractivity contribution in [2.45, 2.75) is 0 Å². The zero-order valence-electron chi connectivity index (χ0n) is 15.5. The van der Waals surface area contributed by atoms with Crippen molar-refractivity contribution in [2.75, 3.05) is 12.5 Å². The lowest BCUT2D eigenvalue weighted by molar-refractivity contribution is 0.415. The summed E-state index contributed by atoms with van der Waals surface area (Å²) in [7, 11) is 3.06. The molecule has 0 bridgehead atoms. The Kier molecular flexibility index (Phi) is 6.17. The Morgan fingerprint density at radius 2 is 1.93 bits per heavy atom. The minimum absolute atomic E-state index is 0.0586. The lowest BCUT2D eigenvalue weighted by atomic mass is 10.1. The van der Waals surface area contributed by atoms with Gasteiger partial charge in [0.25, 0.3) is 5.56 Å². The number of nitrogens with one attached hydrogen (secondary N) is 1. The SMILES string of the molecule is COc1ccc(-c2nc(N/N=C/c3ccc(Cl)c(Cl)c3)n(C)c(=O)c2C#N)cc1. The van der Waals surface area contributed by atoms with E-state index in [1.54, 1.807) is 49.6 Å². The Balaban J connectivity index is 1.97. The van der Waals surface area contributed by atoms with E-state index in [9.17, 15) is 10.1 Å². The van der Waals surface area contributed by atoms with Crippen LogP contribution in [-0.4, -0.2) is 22.9 Å².